The van der Waals surface area contributed by atoms with E-state index in [-0.39, 0.29) is 55.7 Å². The molecule has 3 aliphatic rings. The summed E-state index contributed by atoms with van der Waals surface area (Å²) in [5, 5.41) is 16.8. The first-order valence-corrected chi connectivity index (χ1v) is 13.8. The molecule has 1 saturated heterocycles. The normalized spacial score (nSPS) is 22.1. The van der Waals surface area contributed by atoms with Crippen LogP contribution in [0.3, 0.4) is 0 Å². The highest BCUT2D eigenvalue weighted by atomic mass is 19.3. The Morgan fingerprint density at radius 2 is 1.95 bits per heavy atom. The van der Waals surface area contributed by atoms with Crippen molar-refractivity contribution in [3.8, 4) is 0 Å². The van der Waals surface area contributed by atoms with Crippen molar-refractivity contribution in [1.29, 1.82) is 0 Å². The molecule has 2 N–H and O–H groups in total. The second kappa shape index (κ2) is 10.8. The highest BCUT2D eigenvalue weighted by Gasteiger charge is 2.43. The molecule has 16 heteroatoms. The number of ether oxygens (including phenoxy) is 1. The molecule has 3 aromatic rings. The van der Waals surface area contributed by atoms with E-state index in [4.69, 9.17) is 4.74 Å². The largest absolute Gasteiger partial charge is 0.376 e. The quantitative estimate of drug-likeness (QED) is 0.359. The zero-order valence-corrected chi connectivity index (χ0v) is 22.7. The van der Waals surface area contributed by atoms with Gasteiger partial charge < -0.3 is 20.3 Å². The number of rotatable bonds is 9. The minimum absolute atomic E-state index is 0.000357. The van der Waals surface area contributed by atoms with Gasteiger partial charge in [-0.25, -0.2) is 36.5 Å². The molecular formula is C26H30F4N8O4. The van der Waals surface area contributed by atoms with E-state index in [0.717, 1.165) is 17.7 Å². The molecule has 0 bridgehead atoms. The van der Waals surface area contributed by atoms with E-state index in [1.54, 1.807) is 19.2 Å². The molecular weight excluding hydrogens is 564 g/mol. The van der Waals surface area contributed by atoms with Crippen LogP contribution in [0.15, 0.2) is 23.1 Å². The number of hydrogen-bond acceptors (Lipinski definition) is 8. The summed E-state index contributed by atoms with van der Waals surface area (Å²) < 4.78 is 68.5. The fraction of sp³-hybridized carbons (Fsp3) is 0.615. The Balaban J connectivity index is 1.31. The van der Waals surface area contributed by atoms with Crippen LogP contribution in [0.5, 0.6) is 0 Å². The number of aromatic nitrogens is 5. The van der Waals surface area contributed by atoms with Crippen molar-refractivity contribution in [3.63, 3.8) is 0 Å². The maximum absolute atomic E-state index is 14.3. The SMILES string of the molecule is Cc1nonc1C(=O)NC(c1cn2ncc(C(COC3CC3)N3CC(F)(F)CNC3=O)cc2n1)C1CCC(F)(F)CC1. The summed E-state index contributed by atoms with van der Waals surface area (Å²) in [6, 6.07) is -0.621. The molecule has 4 heterocycles. The first-order chi connectivity index (χ1) is 20.0. The Kier molecular flexibility index (Phi) is 7.27. The molecule has 2 aliphatic carbocycles. The van der Waals surface area contributed by atoms with E-state index in [0.29, 0.717) is 16.9 Å². The fourth-order valence-corrected chi connectivity index (χ4v) is 5.48. The van der Waals surface area contributed by atoms with Crippen LogP contribution in [-0.4, -0.2) is 79.4 Å². The molecule has 226 valence electrons. The summed E-state index contributed by atoms with van der Waals surface area (Å²) in [6.45, 7) is 0.0299. The highest BCUT2D eigenvalue weighted by Crippen LogP contribution is 2.41. The highest BCUT2D eigenvalue weighted by molar-refractivity contribution is 5.93. The lowest BCUT2D eigenvalue weighted by Gasteiger charge is -2.38. The fourth-order valence-electron chi connectivity index (χ4n) is 5.48. The molecule has 3 fully saturated rings. The number of alkyl halides is 4. The van der Waals surface area contributed by atoms with Gasteiger partial charge in [-0.1, -0.05) is 5.16 Å². The van der Waals surface area contributed by atoms with Crippen LogP contribution in [0, 0.1) is 12.8 Å². The van der Waals surface area contributed by atoms with Gasteiger partial charge >= 0.3 is 6.03 Å². The molecule has 2 atom stereocenters. The summed E-state index contributed by atoms with van der Waals surface area (Å²) in [7, 11) is 0. The molecule has 2 saturated carbocycles. The molecule has 3 amide bonds. The van der Waals surface area contributed by atoms with E-state index >= 15 is 0 Å². The van der Waals surface area contributed by atoms with Crippen molar-refractivity contribution in [2.45, 2.75) is 75.5 Å². The monoisotopic (exact) mass is 594 g/mol. The lowest BCUT2D eigenvalue weighted by molar-refractivity contribution is -0.0542. The van der Waals surface area contributed by atoms with E-state index in [1.165, 1.54) is 10.7 Å². The van der Waals surface area contributed by atoms with Crippen LogP contribution in [0.2, 0.25) is 0 Å². The van der Waals surface area contributed by atoms with Gasteiger partial charge in [0.15, 0.2) is 11.3 Å². The maximum Gasteiger partial charge on any atom is 0.318 e. The third-order valence-electron chi connectivity index (χ3n) is 8.00. The van der Waals surface area contributed by atoms with Gasteiger partial charge in [0.05, 0.1) is 56.0 Å². The Labute approximate surface area is 237 Å². The maximum atomic E-state index is 14.3. The van der Waals surface area contributed by atoms with Gasteiger partial charge in [0.1, 0.15) is 5.69 Å². The summed E-state index contributed by atoms with van der Waals surface area (Å²) >= 11 is 0. The van der Waals surface area contributed by atoms with E-state index in [2.05, 4.69) is 35.7 Å². The molecule has 0 radical (unpaired) electrons. The zero-order chi connectivity index (χ0) is 29.6. The molecule has 3 aromatic heterocycles. The van der Waals surface area contributed by atoms with E-state index in [9.17, 15) is 27.2 Å². The van der Waals surface area contributed by atoms with Gasteiger partial charge in [0.2, 0.25) is 5.92 Å². The predicted octanol–water partition coefficient (Wildman–Crippen LogP) is 3.60. The van der Waals surface area contributed by atoms with Gasteiger partial charge in [0.25, 0.3) is 11.8 Å². The van der Waals surface area contributed by atoms with Gasteiger partial charge in [0, 0.05) is 18.4 Å². The standard InChI is InChI=1S/C26H30F4N8O4/c1-14-21(36-42-35-14)23(39)34-22(15-4-6-25(27,28)7-5-15)18-10-38-20(33-18)8-16(9-32-38)19(11-41-17-2-3-17)37-13-26(29,30)12-31-24(37)40/h8-10,15,17,19,22H,2-7,11-13H2,1H3,(H,31,40)(H,34,39). The van der Waals surface area contributed by atoms with Crippen LogP contribution in [0.4, 0.5) is 22.4 Å². The van der Waals surface area contributed by atoms with Gasteiger partial charge in [-0.15, -0.1) is 0 Å². The van der Waals surface area contributed by atoms with Gasteiger partial charge in [-0.05, 0) is 49.7 Å². The molecule has 1 aliphatic heterocycles. The summed E-state index contributed by atoms with van der Waals surface area (Å²) in [5.41, 5.74) is 1.39. The second-order valence-corrected chi connectivity index (χ2v) is 11.3. The average molecular weight is 595 g/mol. The molecule has 0 aromatic carbocycles. The number of nitrogens with one attached hydrogen (secondary N) is 2. The average Bonchev–Trinajstić information content (AvgIpc) is 3.51. The number of hydrogen-bond donors (Lipinski definition) is 2. The number of halogens is 4. The first-order valence-electron chi connectivity index (χ1n) is 13.8. The van der Waals surface area contributed by atoms with E-state index in [1.807, 2.05) is 0 Å². The lowest BCUT2D eigenvalue weighted by atomic mass is 9.81. The number of nitrogens with zero attached hydrogens (tertiary/aromatic N) is 6. The predicted molar refractivity (Wildman–Crippen MR) is 136 cm³/mol. The number of amides is 3. The van der Waals surface area contributed by atoms with Gasteiger partial charge in [-0.3, -0.25) is 4.79 Å². The van der Waals surface area contributed by atoms with Crippen molar-refractivity contribution in [1.82, 2.24) is 40.4 Å². The number of urea groups is 1. The van der Waals surface area contributed by atoms with Crippen LogP contribution in [0.1, 0.15) is 78.0 Å². The summed E-state index contributed by atoms with van der Waals surface area (Å²) in [4.78, 5) is 31.4. The van der Waals surface area contributed by atoms with Crippen LogP contribution in [0.25, 0.3) is 5.65 Å². The van der Waals surface area contributed by atoms with Crippen molar-refractivity contribution < 1.29 is 36.5 Å². The van der Waals surface area contributed by atoms with Crippen LogP contribution in [-0.2, 0) is 4.74 Å². The third kappa shape index (κ3) is 6.03. The number of aryl methyl sites for hydroxylation is 1. The summed E-state index contributed by atoms with van der Waals surface area (Å²) in [5.74, 6) is -6.83. The van der Waals surface area contributed by atoms with Crippen LogP contribution < -0.4 is 10.6 Å². The summed E-state index contributed by atoms with van der Waals surface area (Å²) in [6.07, 6.45) is 4.44. The third-order valence-corrected chi connectivity index (χ3v) is 8.00. The van der Waals surface area contributed by atoms with Crippen molar-refractivity contribution >= 4 is 17.6 Å². The van der Waals surface area contributed by atoms with Gasteiger partial charge in [-0.2, -0.15) is 5.10 Å². The molecule has 0 spiro atoms. The lowest BCUT2D eigenvalue weighted by Crippen LogP contribution is -2.58. The molecule has 6 rings (SSSR count). The minimum Gasteiger partial charge on any atom is -0.376 e. The minimum atomic E-state index is -3.12. The number of carbonyl (C=O) groups excluding carboxylic acids is 2. The second-order valence-electron chi connectivity index (χ2n) is 11.3. The smallest absolute Gasteiger partial charge is 0.318 e. The number of imidazole rings is 1. The van der Waals surface area contributed by atoms with Crippen molar-refractivity contribution in [3.05, 3.63) is 41.1 Å². The van der Waals surface area contributed by atoms with Crippen molar-refractivity contribution in [2.24, 2.45) is 5.92 Å². The molecule has 42 heavy (non-hydrogen) atoms. The Morgan fingerprint density at radius 3 is 2.64 bits per heavy atom. The molecule has 12 nitrogen and oxygen atoms in total. The molecule has 2 unspecified atom stereocenters. The topological polar surface area (TPSA) is 140 Å². The first kappa shape index (κ1) is 28.3. The van der Waals surface area contributed by atoms with E-state index < -0.39 is 49.0 Å². The van der Waals surface area contributed by atoms with Crippen molar-refractivity contribution in [2.75, 3.05) is 19.7 Å². The Bertz CT molecular complexity index is 1470. The number of carbonyl (C=O) groups is 2. The Hall–Kier alpha value is -3.82. The van der Waals surface area contributed by atoms with Crippen LogP contribution >= 0.6 is 0 Å². The number of fused-ring (bicyclic) bond motifs is 1. The zero-order valence-electron chi connectivity index (χ0n) is 22.7. The Morgan fingerprint density at radius 1 is 1.19 bits per heavy atom.